The average molecular weight is 296 g/mol. The molecule has 1 aliphatic heterocycles. The number of hydrogen-bond donors (Lipinski definition) is 1. The van der Waals surface area contributed by atoms with Gasteiger partial charge in [0, 0.05) is 37.4 Å². The van der Waals surface area contributed by atoms with Gasteiger partial charge in [-0.25, -0.2) is 0 Å². The van der Waals surface area contributed by atoms with Gasteiger partial charge >= 0.3 is 5.97 Å². The molecule has 1 aromatic carbocycles. The molecule has 2 heterocycles. The molecular formula is C18H20N2O2. The summed E-state index contributed by atoms with van der Waals surface area (Å²) in [5.41, 5.74) is 3.23. The van der Waals surface area contributed by atoms with Crippen LogP contribution in [0.3, 0.4) is 0 Å². The SMILES string of the molecule is Cc1ccnc([C@H]2CN(Cc3ccccc3)C[C@@H]2C(=O)O)c1. The summed E-state index contributed by atoms with van der Waals surface area (Å²) >= 11 is 0. The van der Waals surface area contributed by atoms with Gasteiger partial charge in [-0.1, -0.05) is 30.3 Å². The lowest BCUT2D eigenvalue weighted by Crippen LogP contribution is -2.23. The summed E-state index contributed by atoms with van der Waals surface area (Å²) in [5.74, 6) is -1.16. The Balaban J connectivity index is 1.79. The van der Waals surface area contributed by atoms with Crippen LogP contribution in [-0.2, 0) is 11.3 Å². The summed E-state index contributed by atoms with van der Waals surface area (Å²) in [6.45, 7) is 4.11. The third-order valence-corrected chi connectivity index (χ3v) is 4.28. The number of rotatable bonds is 4. The van der Waals surface area contributed by atoms with Crippen molar-refractivity contribution in [3.63, 3.8) is 0 Å². The highest BCUT2D eigenvalue weighted by molar-refractivity contribution is 5.72. The van der Waals surface area contributed by atoms with Gasteiger partial charge in [0.2, 0.25) is 0 Å². The maximum absolute atomic E-state index is 11.6. The molecule has 1 saturated heterocycles. The first kappa shape index (κ1) is 14.7. The first-order chi connectivity index (χ1) is 10.6. The topological polar surface area (TPSA) is 53.4 Å². The number of pyridine rings is 1. The van der Waals surface area contributed by atoms with Gasteiger partial charge in [0.05, 0.1) is 5.92 Å². The Bertz CT molecular complexity index is 657. The van der Waals surface area contributed by atoms with Crippen molar-refractivity contribution < 1.29 is 9.90 Å². The van der Waals surface area contributed by atoms with Crippen molar-refractivity contribution in [3.05, 3.63) is 65.5 Å². The largest absolute Gasteiger partial charge is 0.481 e. The second-order valence-corrected chi connectivity index (χ2v) is 5.99. The number of carboxylic acids is 1. The first-order valence-electron chi connectivity index (χ1n) is 7.55. The summed E-state index contributed by atoms with van der Waals surface area (Å²) < 4.78 is 0. The molecule has 4 nitrogen and oxygen atoms in total. The van der Waals surface area contributed by atoms with Crippen molar-refractivity contribution in [3.8, 4) is 0 Å². The zero-order valence-corrected chi connectivity index (χ0v) is 12.6. The van der Waals surface area contributed by atoms with Crippen LogP contribution in [0.1, 0.15) is 22.7 Å². The molecule has 0 spiro atoms. The Kier molecular flexibility index (Phi) is 4.20. The molecule has 1 fully saturated rings. The van der Waals surface area contributed by atoms with E-state index in [1.807, 2.05) is 37.3 Å². The van der Waals surface area contributed by atoms with Crippen LogP contribution in [-0.4, -0.2) is 34.0 Å². The minimum absolute atomic E-state index is 0.0406. The molecule has 114 valence electrons. The fourth-order valence-corrected chi connectivity index (χ4v) is 3.17. The predicted octanol–water partition coefficient (Wildman–Crippen LogP) is 2.69. The van der Waals surface area contributed by atoms with Gasteiger partial charge in [-0.15, -0.1) is 0 Å². The van der Waals surface area contributed by atoms with Crippen LogP contribution in [0.2, 0.25) is 0 Å². The number of nitrogens with zero attached hydrogens (tertiary/aromatic N) is 2. The minimum atomic E-state index is -0.733. The van der Waals surface area contributed by atoms with Crippen molar-refractivity contribution in [2.24, 2.45) is 5.92 Å². The van der Waals surface area contributed by atoms with E-state index in [-0.39, 0.29) is 5.92 Å². The van der Waals surface area contributed by atoms with Gasteiger partial charge in [-0.05, 0) is 30.2 Å². The molecule has 0 bridgehead atoms. The Labute approximate surface area is 130 Å². The number of aliphatic carboxylic acids is 1. The number of aromatic nitrogens is 1. The van der Waals surface area contributed by atoms with E-state index in [1.54, 1.807) is 6.20 Å². The van der Waals surface area contributed by atoms with Crippen molar-refractivity contribution in [1.82, 2.24) is 9.88 Å². The quantitative estimate of drug-likeness (QED) is 0.942. The van der Waals surface area contributed by atoms with Gasteiger partial charge in [-0.3, -0.25) is 14.7 Å². The third kappa shape index (κ3) is 3.17. The molecule has 2 aromatic rings. The van der Waals surface area contributed by atoms with E-state index in [0.29, 0.717) is 6.54 Å². The Morgan fingerprint density at radius 2 is 2.05 bits per heavy atom. The number of likely N-dealkylation sites (tertiary alicyclic amines) is 1. The Hall–Kier alpha value is -2.20. The molecule has 0 radical (unpaired) electrons. The lowest BCUT2D eigenvalue weighted by Gasteiger charge is -2.16. The molecule has 0 amide bonds. The highest BCUT2D eigenvalue weighted by atomic mass is 16.4. The predicted molar refractivity (Wildman–Crippen MR) is 84.6 cm³/mol. The maximum atomic E-state index is 11.6. The fraction of sp³-hybridized carbons (Fsp3) is 0.333. The molecule has 2 atom stereocenters. The molecule has 1 N–H and O–H groups in total. The summed E-state index contributed by atoms with van der Waals surface area (Å²) in [6.07, 6.45) is 1.77. The van der Waals surface area contributed by atoms with Crippen LogP contribution in [0.5, 0.6) is 0 Å². The molecular weight excluding hydrogens is 276 g/mol. The summed E-state index contributed by atoms with van der Waals surface area (Å²) in [6, 6.07) is 14.1. The van der Waals surface area contributed by atoms with Crippen molar-refractivity contribution in [2.45, 2.75) is 19.4 Å². The van der Waals surface area contributed by atoms with Crippen molar-refractivity contribution >= 4 is 5.97 Å². The van der Waals surface area contributed by atoms with E-state index in [9.17, 15) is 9.90 Å². The maximum Gasteiger partial charge on any atom is 0.308 e. The summed E-state index contributed by atoms with van der Waals surface area (Å²) in [7, 11) is 0. The zero-order chi connectivity index (χ0) is 15.5. The van der Waals surface area contributed by atoms with Gasteiger partial charge in [0.25, 0.3) is 0 Å². The van der Waals surface area contributed by atoms with E-state index in [0.717, 1.165) is 24.3 Å². The van der Waals surface area contributed by atoms with E-state index in [4.69, 9.17) is 0 Å². The molecule has 0 aliphatic carbocycles. The van der Waals surface area contributed by atoms with E-state index in [2.05, 4.69) is 22.0 Å². The van der Waals surface area contributed by atoms with Gasteiger partial charge in [0.15, 0.2) is 0 Å². The molecule has 22 heavy (non-hydrogen) atoms. The first-order valence-corrected chi connectivity index (χ1v) is 7.55. The number of carboxylic acid groups (broad SMARTS) is 1. The second kappa shape index (κ2) is 6.28. The zero-order valence-electron chi connectivity index (χ0n) is 12.6. The van der Waals surface area contributed by atoms with Gasteiger partial charge in [-0.2, -0.15) is 0 Å². The number of benzene rings is 1. The van der Waals surface area contributed by atoms with E-state index < -0.39 is 11.9 Å². The molecule has 1 aliphatic rings. The van der Waals surface area contributed by atoms with E-state index >= 15 is 0 Å². The lowest BCUT2D eigenvalue weighted by atomic mass is 9.92. The minimum Gasteiger partial charge on any atom is -0.481 e. The molecule has 4 heteroatoms. The molecule has 0 saturated carbocycles. The van der Waals surface area contributed by atoms with Crippen molar-refractivity contribution in [1.29, 1.82) is 0 Å². The van der Waals surface area contributed by atoms with Crippen LogP contribution in [0.15, 0.2) is 48.7 Å². The summed E-state index contributed by atoms with van der Waals surface area (Å²) in [5, 5.41) is 9.54. The van der Waals surface area contributed by atoms with Crippen molar-refractivity contribution in [2.75, 3.05) is 13.1 Å². The normalized spacial score (nSPS) is 21.9. The monoisotopic (exact) mass is 296 g/mol. The molecule has 1 aromatic heterocycles. The van der Waals surface area contributed by atoms with Crippen LogP contribution in [0.4, 0.5) is 0 Å². The number of carbonyl (C=O) groups is 1. The smallest absolute Gasteiger partial charge is 0.308 e. The summed E-state index contributed by atoms with van der Waals surface area (Å²) in [4.78, 5) is 18.2. The van der Waals surface area contributed by atoms with Gasteiger partial charge in [0.1, 0.15) is 0 Å². The van der Waals surface area contributed by atoms with Crippen LogP contribution in [0.25, 0.3) is 0 Å². The second-order valence-electron chi connectivity index (χ2n) is 5.99. The standard InChI is InChI=1S/C18H20N2O2/c1-13-7-8-19-17(9-13)15-11-20(12-16(15)18(21)22)10-14-5-3-2-4-6-14/h2-9,15-16H,10-12H2,1H3,(H,21,22)/t15-,16-/m0/s1. The lowest BCUT2D eigenvalue weighted by molar-refractivity contribution is -0.141. The number of aryl methyl sites for hydroxylation is 1. The van der Waals surface area contributed by atoms with Crippen LogP contribution >= 0.6 is 0 Å². The van der Waals surface area contributed by atoms with Crippen LogP contribution < -0.4 is 0 Å². The van der Waals surface area contributed by atoms with Crippen LogP contribution in [0, 0.1) is 12.8 Å². The van der Waals surface area contributed by atoms with E-state index in [1.165, 1.54) is 5.56 Å². The Morgan fingerprint density at radius 1 is 1.27 bits per heavy atom. The fourth-order valence-electron chi connectivity index (χ4n) is 3.17. The Morgan fingerprint density at radius 3 is 2.73 bits per heavy atom. The average Bonchev–Trinajstić information content (AvgIpc) is 2.92. The van der Waals surface area contributed by atoms with Gasteiger partial charge < -0.3 is 5.11 Å². The highest BCUT2D eigenvalue weighted by Crippen LogP contribution is 2.33. The molecule has 0 unspecified atom stereocenters. The number of hydrogen-bond acceptors (Lipinski definition) is 3. The highest BCUT2D eigenvalue weighted by Gasteiger charge is 2.39. The third-order valence-electron chi connectivity index (χ3n) is 4.28. The molecule has 3 rings (SSSR count).